The van der Waals surface area contributed by atoms with Crippen molar-refractivity contribution in [3.8, 4) is 0 Å². The number of hydrogen-bond acceptors (Lipinski definition) is 4. The first-order valence-electron chi connectivity index (χ1n) is 9.87. The van der Waals surface area contributed by atoms with Crippen LogP contribution in [0.5, 0.6) is 0 Å². The Kier molecular flexibility index (Phi) is 7.83. The molecule has 0 radical (unpaired) electrons. The van der Waals surface area contributed by atoms with Crippen LogP contribution in [0.4, 0.5) is 11.4 Å². The van der Waals surface area contributed by atoms with Gasteiger partial charge in [-0.1, -0.05) is 36.7 Å². The summed E-state index contributed by atoms with van der Waals surface area (Å²) in [4.78, 5) is 29.8. The molecule has 0 atom stereocenters. The molecular formula is C22H26ClN3O2S. The summed E-state index contributed by atoms with van der Waals surface area (Å²) in [7, 11) is 0. The highest BCUT2D eigenvalue weighted by Crippen LogP contribution is 2.30. The predicted molar refractivity (Wildman–Crippen MR) is 121 cm³/mol. The fourth-order valence-corrected chi connectivity index (χ4v) is 4.20. The van der Waals surface area contributed by atoms with Gasteiger partial charge < -0.3 is 15.1 Å². The minimum Gasteiger partial charge on any atom is -0.366 e. The van der Waals surface area contributed by atoms with E-state index >= 15 is 0 Å². The molecule has 0 aromatic heterocycles. The van der Waals surface area contributed by atoms with Crippen LogP contribution in [0.3, 0.4) is 0 Å². The lowest BCUT2D eigenvalue weighted by atomic mass is 10.2. The van der Waals surface area contributed by atoms with Gasteiger partial charge in [0.1, 0.15) is 0 Å². The van der Waals surface area contributed by atoms with Crippen LogP contribution in [-0.2, 0) is 9.59 Å². The minimum absolute atomic E-state index is 0.0703. The van der Waals surface area contributed by atoms with Gasteiger partial charge in [-0.3, -0.25) is 9.59 Å². The summed E-state index contributed by atoms with van der Waals surface area (Å²) in [5, 5.41) is 3.59. The summed E-state index contributed by atoms with van der Waals surface area (Å²) in [6, 6.07) is 15.4. The van der Waals surface area contributed by atoms with Gasteiger partial charge in [0.15, 0.2) is 0 Å². The Morgan fingerprint density at radius 2 is 1.79 bits per heavy atom. The molecule has 0 saturated carbocycles. The highest BCUT2D eigenvalue weighted by molar-refractivity contribution is 8.00. The third kappa shape index (κ3) is 6.15. The zero-order valence-electron chi connectivity index (χ0n) is 16.6. The van der Waals surface area contributed by atoms with E-state index in [1.165, 1.54) is 11.8 Å². The van der Waals surface area contributed by atoms with Gasteiger partial charge in [0.25, 0.3) is 0 Å². The Hall–Kier alpha value is -2.18. The third-order valence-electron chi connectivity index (χ3n) is 4.78. The monoisotopic (exact) mass is 431 g/mol. The molecule has 29 heavy (non-hydrogen) atoms. The van der Waals surface area contributed by atoms with Gasteiger partial charge in [-0.25, -0.2) is 0 Å². The molecule has 0 bridgehead atoms. The number of rotatable bonds is 7. The summed E-state index contributed by atoms with van der Waals surface area (Å²) < 4.78 is 0. The van der Waals surface area contributed by atoms with Gasteiger partial charge in [0.2, 0.25) is 11.8 Å². The molecule has 0 unspecified atom stereocenters. The van der Waals surface area contributed by atoms with E-state index in [1.807, 2.05) is 54.3 Å². The number of nitrogens with zero attached hydrogens (tertiary/aromatic N) is 2. The second kappa shape index (κ2) is 10.6. The van der Waals surface area contributed by atoms with Crippen molar-refractivity contribution in [3.63, 3.8) is 0 Å². The molecule has 1 N–H and O–H groups in total. The molecule has 2 aromatic carbocycles. The van der Waals surface area contributed by atoms with Gasteiger partial charge in [-0.2, -0.15) is 0 Å². The van der Waals surface area contributed by atoms with Gasteiger partial charge in [0.05, 0.1) is 17.1 Å². The Labute approximate surface area is 181 Å². The molecule has 2 amide bonds. The van der Waals surface area contributed by atoms with Crippen molar-refractivity contribution in [2.75, 3.05) is 42.1 Å². The standard InChI is InChI=1S/C22H26ClN3O2S/c1-2-6-22(28)26-13-11-25(12-14-26)20-10-9-17(23)15-19(20)24-21(27)16-29-18-7-4-3-5-8-18/h3-5,7-10,15H,2,6,11-14,16H2,1H3,(H,24,27). The maximum Gasteiger partial charge on any atom is 0.234 e. The molecule has 1 heterocycles. The van der Waals surface area contributed by atoms with Crippen LogP contribution in [0.2, 0.25) is 5.02 Å². The van der Waals surface area contributed by atoms with Crippen molar-refractivity contribution in [3.05, 3.63) is 53.6 Å². The van der Waals surface area contributed by atoms with E-state index in [4.69, 9.17) is 11.6 Å². The van der Waals surface area contributed by atoms with E-state index in [1.54, 1.807) is 6.07 Å². The molecule has 154 valence electrons. The van der Waals surface area contributed by atoms with Crippen molar-refractivity contribution in [2.24, 2.45) is 0 Å². The smallest absolute Gasteiger partial charge is 0.234 e. The number of thioether (sulfide) groups is 1. The lowest BCUT2D eigenvalue weighted by molar-refractivity contribution is -0.131. The predicted octanol–water partition coefficient (Wildman–Crippen LogP) is 4.52. The molecule has 3 rings (SSSR count). The van der Waals surface area contributed by atoms with Crippen molar-refractivity contribution < 1.29 is 9.59 Å². The fraction of sp³-hybridized carbons (Fsp3) is 0.364. The van der Waals surface area contributed by atoms with Crippen LogP contribution >= 0.6 is 23.4 Å². The second-order valence-corrected chi connectivity index (χ2v) is 8.41. The lowest BCUT2D eigenvalue weighted by Crippen LogP contribution is -2.48. The van der Waals surface area contributed by atoms with Crippen LogP contribution in [0.1, 0.15) is 19.8 Å². The first kappa shape index (κ1) is 21.5. The molecule has 1 aliphatic rings. The van der Waals surface area contributed by atoms with Gasteiger partial charge in [0, 0.05) is 42.5 Å². The summed E-state index contributed by atoms with van der Waals surface area (Å²) in [6.45, 7) is 4.88. The first-order chi connectivity index (χ1) is 14.1. The number of carbonyl (C=O) groups is 2. The van der Waals surface area contributed by atoms with E-state index < -0.39 is 0 Å². The third-order valence-corrected chi connectivity index (χ3v) is 6.03. The Balaban J connectivity index is 1.62. The Morgan fingerprint density at radius 1 is 1.07 bits per heavy atom. The normalized spacial score (nSPS) is 14.0. The Morgan fingerprint density at radius 3 is 2.48 bits per heavy atom. The molecule has 1 aliphatic heterocycles. The van der Waals surface area contributed by atoms with E-state index in [2.05, 4.69) is 10.2 Å². The Bertz CT molecular complexity index is 839. The van der Waals surface area contributed by atoms with Crippen LogP contribution in [0.15, 0.2) is 53.4 Å². The van der Waals surface area contributed by atoms with Crippen LogP contribution in [0.25, 0.3) is 0 Å². The van der Waals surface area contributed by atoms with E-state index in [0.717, 1.165) is 30.1 Å². The van der Waals surface area contributed by atoms with E-state index in [-0.39, 0.29) is 11.8 Å². The summed E-state index contributed by atoms with van der Waals surface area (Å²) in [5.74, 6) is 0.476. The molecule has 0 aliphatic carbocycles. The number of amides is 2. The summed E-state index contributed by atoms with van der Waals surface area (Å²) in [6.07, 6.45) is 1.47. The molecule has 0 spiro atoms. The largest absolute Gasteiger partial charge is 0.366 e. The van der Waals surface area contributed by atoms with Crippen LogP contribution in [0, 0.1) is 0 Å². The maximum atomic E-state index is 12.5. The number of hydrogen-bond donors (Lipinski definition) is 1. The van der Waals surface area contributed by atoms with Crippen molar-refractivity contribution in [1.29, 1.82) is 0 Å². The number of anilines is 2. The van der Waals surface area contributed by atoms with Crippen molar-refractivity contribution in [1.82, 2.24) is 4.90 Å². The van der Waals surface area contributed by atoms with Gasteiger partial charge >= 0.3 is 0 Å². The van der Waals surface area contributed by atoms with Crippen LogP contribution < -0.4 is 10.2 Å². The second-order valence-electron chi connectivity index (χ2n) is 6.93. The zero-order valence-corrected chi connectivity index (χ0v) is 18.1. The van der Waals surface area contributed by atoms with Crippen molar-refractivity contribution in [2.45, 2.75) is 24.7 Å². The van der Waals surface area contributed by atoms with E-state index in [0.29, 0.717) is 36.0 Å². The zero-order chi connectivity index (χ0) is 20.6. The highest BCUT2D eigenvalue weighted by Gasteiger charge is 2.22. The maximum absolute atomic E-state index is 12.5. The molecule has 5 nitrogen and oxygen atoms in total. The highest BCUT2D eigenvalue weighted by atomic mass is 35.5. The average Bonchev–Trinajstić information content (AvgIpc) is 2.73. The number of nitrogens with one attached hydrogen (secondary N) is 1. The topological polar surface area (TPSA) is 52.7 Å². The molecule has 2 aromatic rings. The number of piperazine rings is 1. The van der Waals surface area contributed by atoms with Gasteiger partial charge in [-0.15, -0.1) is 11.8 Å². The molecule has 7 heteroatoms. The molecule has 1 fully saturated rings. The van der Waals surface area contributed by atoms with Crippen LogP contribution in [-0.4, -0.2) is 48.6 Å². The SMILES string of the molecule is CCCC(=O)N1CCN(c2ccc(Cl)cc2NC(=O)CSc2ccccc2)CC1. The minimum atomic E-state index is -0.0703. The quantitative estimate of drug-likeness (QED) is 0.655. The number of benzene rings is 2. The average molecular weight is 432 g/mol. The first-order valence-corrected chi connectivity index (χ1v) is 11.2. The van der Waals surface area contributed by atoms with Gasteiger partial charge in [-0.05, 0) is 36.8 Å². The fourth-order valence-electron chi connectivity index (χ4n) is 3.30. The summed E-state index contributed by atoms with van der Waals surface area (Å²) >= 11 is 7.68. The lowest BCUT2D eigenvalue weighted by Gasteiger charge is -2.37. The number of halogens is 1. The number of carbonyl (C=O) groups excluding carboxylic acids is 2. The molecule has 1 saturated heterocycles. The van der Waals surface area contributed by atoms with Crippen molar-refractivity contribution >= 4 is 46.6 Å². The summed E-state index contributed by atoms with van der Waals surface area (Å²) in [5.41, 5.74) is 1.65. The van der Waals surface area contributed by atoms with E-state index in [9.17, 15) is 9.59 Å². The molecular weight excluding hydrogens is 406 g/mol.